The van der Waals surface area contributed by atoms with E-state index in [-0.39, 0.29) is 6.03 Å². The number of hydrogen-bond acceptors (Lipinski definition) is 4. The first-order valence-corrected chi connectivity index (χ1v) is 7.58. The third kappa shape index (κ3) is 5.12. The molecule has 0 fully saturated rings. The van der Waals surface area contributed by atoms with Crippen LogP contribution >= 0.6 is 0 Å². The molecule has 22 heavy (non-hydrogen) atoms. The second-order valence-electron chi connectivity index (χ2n) is 4.94. The number of carbonyl (C=O) groups excluding carboxylic acids is 1. The molecule has 116 valence electrons. The summed E-state index contributed by atoms with van der Waals surface area (Å²) in [6.45, 7) is 2.84. The largest absolute Gasteiger partial charge is 0.338 e. The molecule has 0 radical (unpaired) electrons. The molecular formula is C16H21N5O. The Hall–Kier alpha value is -2.50. The van der Waals surface area contributed by atoms with Crippen molar-refractivity contribution in [1.29, 1.82) is 0 Å². The molecule has 0 atom stereocenters. The van der Waals surface area contributed by atoms with Crippen LogP contribution in [0.3, 0.4) is 0 Å². The fraction of sp³-hybridized carbons (Fsp3) is 0.375. The Morgan fingerprint density at radius 3 is 2.68 bits per heavy atom. The number of unbranched alkanes of at least 4 members (excludes halogenated alkanes) is 3. The van der Waals surface area contributed by atoms with Crippen LogP contribution in [-0.4, -0.2) is 27.5 Å². The van der Waals surface area contributed by atoms with Crippen molar-refractivity contribution in [3.8, 4) is 11.4 Å². The number of rotatable bonds is 7. The van der Waals surface area contributed by atoms with E-state index in [4.69, 9.17) is 0 Å². The van der Waals surface area contributed by atoms with E-state index in [9.17, 15) is 4.79 Å². The zero-order chi connectivity index (χ0) is 15.6. The quantitative estimate of drug-likeness (QED) is 0.769. The van der Waals surface area contributed by atoms with Gasteiger partial charge in [-0.05, 0) is 24.6 Å². The highest BCUT2D eigenvalue weighted by Crippen LogP contribution is 2.14. The third-order valence-electron chi connectivity index (χ3n) is 3.15. The van der Waals surface area contributed by atoms with E-state index in [1.807, 2.05) is 12.1 Å². The topological polar surface area (TPSA) is 79.8 Å². The van der Waals surface area contributed by atoms with E-state index >= 15 is 0 Å². The summed E-state index contributed by atoms with van der Waals surface area (Å²) >= 11 is 0. The van der Waals surface area contributed by atoms with Gasteiger partial charge in [-0.25, -0.2) is 14.8 Å². The lowest BCUT2D eigenvalue weighted by Gasteiger charge is -2.07. The van der Waals surface area contributed by atoms with Crippen molar-refractivity contribution in [2.24, 2.45) is 0 Å². The van der Waals surface area contributed by atoms with E-state index in [1.54, 1.807) is 24.7 Å². The highest BCUT2D eigenvalue weighted by molar-refractivity contribution is 5.88. The third-order valence-corrected chi connectivity index (χ3v) is 3.15. The number of pyridine rings is 1. The number of nitrogens with zero attached hydrogens (tertiary/aromatic N) is 3. The molecule has 0 aliphatic carbocycles. The zero-order valence-electron chi connectivity index (χ0n) is 12.7. The maximum atomic E-state index is 11.8. The minimum atomic E-state index is -0.240. The average Bonchev–Trinajstić information content (AvgIpc) is 2.56. The summed E-state index contributed by atoms with van der Waals surface area (Å²) in [5, 5.41) is 5.56. The van der Waals surface area contributed by atoms with Crippen LogP contribution < -0.4 is 10.6 Å². The van der Waals surface area contributed by atoms with Gasteiger partial charge in [0.2, 0.25) is 0 Å². The average molecular weight is 299 g/mol. The van der Waals surface area contributed by atoms with Crippen LogP contribution in [0, 0.1) is 0 Å². The van der Waals surface area contributed by atoms with Crippen molar-refractivity contribution in [3.05, 3.63) is 36.8 Å². The molecule has 2 N–H and O–H groups in total. The number of anilines is 1. The maximum Gasteiger partial charge on any atom is 0.320 e. The van der Waals surface area contributed by atoms with Gasteiger partial charge in [0, 0.05) is 30.7 Å². The van der Waals surface area contributed by atoms with Crippen LogP contribution in [0.2, 0.25) is 0 Å². The minimum absolute atomic E-state index is 0.240. The lowest BCUT2D eigenvalue weighted by Crippen LogP contribution is -2.29. The molecule has 0 aromatic carbocycles. The first-order valence-electron chi connectivity index (χ1n) is 7.58. The van der Waals surface area contributed by atoms with Gasteiger partial charge in [-0.2, -0.15) is 0 Å². The molecule has 2 aromatic rings. The van der Waals surface area contributed by atoms with Crippen molar-refractivity contribution < 1.29 is 4.79 Å². The minimum Gasteiger partial charge on any atom is -0.338 e. The van der Waals surface area contributed by atoms with Crippen molar-refractivity contribution in [2.75, 3.05) is 11.9 Å². The summed E-state index contributed by atoms with van der Waals surface area (Å²) in [7, 11) is 0. The predicted molar refractivity (Wildman–Crippen MR) is 86.4 cm³/mol. The van der Waals surface area contributed by atoms with Crippen LogP contribution in [-0.2, 0) is 0 Å². The van der Waals surface area contributed by atoms with E-state index < -0.39 is 0 Å². The van der Waals surface area contributed by atoms with Crippen molar-refractivity contribution in [3.63, 3.8) is 0 Å². The van der Waals surface area contributed by atoms with Gasteiger partial charge >= 0.3 is 6.03 Å². The molecule has 2 heterocycles. The Labute approximate surface area is 130 Å². The monoisotopic (exact) mass is 299 g/mol. The lowest BCUT2D eigenvalue weighted by atomic mass is 10.2. The summed E-state index contributed by atoms with van der Waals surface area (Å²) in [5.74, 6) is 1.04. The van der Waals surface area contributed by atoms with Gasteiger partial charge < -0.3 is 5.32 Å². The van der Waals surface area contributed by atoms with Gasteiger partial charge in [0.15, 0.2) is 5.82 Å². The molecule has 0 saturated carbocycles. The Kier molecular flexibility index (Phi) is 6.29. The van der Waals surface area contributed by atoms with Crippen molar-refractivity contribution >= 4 is 11.8 Å². The van der Waals surface area contributed by atoms with Crippen LogP contribution in [0.5, 0.6) is 0 Å². The van der Waals surface area contributed by atoms with E-state index in [1.165, 1.54) is 12.8 Å². The predicted octanol–water partition coefficient (Wildman–Crippen LogP) is 3.24. The fourth-order valence-corrected chi connectivity index (χ4v) is 1.98. The second-order valence-corrected chi connectivity index (χ2v) is 4.94. The van der Waals surface area contributed by atoms with E-state index in [2.05, 4.69) is 32.5 Å². The molecule has 0 bridgehead atoms. The van der Waals surface area contributed by atoms with Gasteiger partial charge in [-0.1, -0.05) is 26.2 Å². The van der Waals surface area contributed by atoms with Gasteiger partial charge in [-0.3, -0.25) is 10.3 Å². The zero-order valence-corrected chi connectivity index (χ0v) is 12.7. The van der Waals surface area contributed by atoms with Crippen LogP contribution in [0.4, 0.5) is 10.6 Å². The van der Waals surface area contributed by atoms with Crippen molar-refractivity contribution in [1.82, 2.24) is 20.3 Å². The van der Waals surface area contributed by atoms with Gasteiger partial charge in [0.05, 0.1) is 0 Å². The molecule has 2 amide bonds. The summed E-state index contributed by atoms with van der Waals surface area (Å²) < 4.78 is 0. The van der Waals surface area contributed by atoms with Gasteiger partial charge in [-0.15, -0.1) is 0 Å². The summed E-state index contributed by atoms with van der Waals surface area (Å²) in [4.78, 5) is 24.3. The standard InChI is InChI=1S/C16H21N5O/c1-2-3-4-5-9-19-16(22)21-14-8-12-18-15(20-14)13-6-10-17-11-7-13/h6-8,10-12H,2-5,9H2,1H3,(H2,18,19,20,21,22). The number of carbonyl (C=O) groups is 1. The van der Waals surface area contributed by atoms with E-state index in [0.29, 0.717) is 18.2 Å². The Morgan fingerprint density at radius 1 is 1.09 bits per heavy atom. The Bertz CT molecular complexity index is 588. The van der Waals surface area contributed by atoms with E-state index in [0.717, 1.165) is 18.4 Å². The normalized spacial score (nSPS) is 10.2. The van der Waals surface area contributed by atoms with Gasteiger partial charge in [0.1, 0.15) is 5.82 Å². The molecule has 0 aliphatic rings. The molecule has 6 nitrogen and oxygen atoms in total. The smallest absolute Gasteiger partial charge is 0.320 e. The highest BCUT2D eigenvalue weighted by Gasteiger charge is 2.05. The Balaban J connectivity index is 1.86. The molecular weight excluding hydrogens is 278 g/mol. The molecule has 0 aliphatic heterocycles. The number of urea groups is 1. The SMILES string of the molecule is CCCCCCNC(=O)Nc1ccnc(-c2ccncc2)n1. The van der Waals surface area contributed by atoms with Crippen LogP contribution in [0.25, 0.3) is 11.4 Å². The molecule has 0 spiro atoms. The molecule has 2 aromatic heterocycles. The molecule has 6 heteroatoms. The first-order chi connectivity index (χ1) is 10.8. The molecule has 0 unspecified atom stereocenters. The second kappa shape index (κ2) is 8.71. The van der Waals surface area contributed by atoms with Gasteiger partial charge in [0.25, 0.3) is 0 Å². The fourth-order valence-electron chi connectivity index (χ4n) is 1.98. The number of hydrogen-bond donors (Lipinski definition) is 2. The highest BCUT2D eigenvalue weighted by atomic mass is 16.2. The van der Waals surface area contributed by atoms with Crippen LogP contribution in [0.1, 0.15) is 32.6 Å². The summed E-state index contributed by atoms with van der Waals surface area (Å²) in [5.41, 5.74) is 0.860. The number of nitrogens with one attached hydrogen (secondary N) is 2. The summed E-state index contributed by atoms with van der Waals surface area (Å²) in [6, 6.07) is 5.08. The van der Waals surface area contributed by atoms with Crippen LogP contribution in [0.15, 0.2) is 36.8 Å². The summed E-state index contributed by atoms with van der Waals surface area (Å²) in [6.07, 6.45) is 9.50. The molecule has 2 rings (SSSR count). The maximum absolute atomic E-state index is 11.8. The number of amides is 2. The van der Waals surface area contributed by atoms with Crippen molar-refractivity contribution in [2.45, 2.75) is 32.6 Å². The Morgan fingerprint density at radius 2 is 1.91 bits per heavy atom. The lowest BCUT2D eigenvalue weighted by molar-refractivity contribution is 0.252. The first kappa shape index (κ1) is 15.9. The number of aromatic nitrogens is 3. The molecule has 0 saturated heterocycles.